The molecule has 0 radical (unpaired) electrons. The number of fused-ring (bicyclic) bond motifs is 2. The highest BCUT2D eigenvalue weighted by Crippen LogP contribution is 2.29. The van der Waals surface area contributed by atoms with E-state index in [1.54, 1.807) is 18.4 Å². The minimum absolute atomic E-state index is 0.149. The maximum Gasteiger partial charge on any atom is 0.349 e. The summed E-state index contributed by atoms with van der Waals surface area (Å²) < 4.78 is 6.86. The van der Waals surface area contributed by atoms with Gasteiger partial charge in [-0.25, -0.2) is 9.78 Å². The van der Waals surface area contributed by atoms with Crippen LogP contribution in [-0.2, 0) is 22.5 Å². The molecule has 0 saturated carbocycles. The van der Waals surface area contributed by atoms with Crippen LogP contribution < -0.4 is 10.9 Å². The van der Waals surface area contributed by atoms with Crippen LogP contribution in [0.4, 0.5) is 11.4 Å². The molecule has 10 nitrogen and oxygen atoms in total. The third-order valence-corrected chi connectivity index (χ3v) is 6.80. The van der Waals surface area contributed by atoms with E-state index in [0.717, 1.165) is 42.8 Å². The third-order valence-electron chi connectivity index (χ3n) is 5.64. The Labute approximate surface area is 192 Å². The van der Waals surface area contributed by atoms with Crippen molar-refractivity contribution < 1.29 is 19.2 Å². The van der Waals surface area contributed by atoms with Crippen LogP contribution in [0.5, 0.6) is 0 Å². The van der Waals surface area contributed by atoms with Crippen LogP contribution in [0.1, 0.15) is 45.9 Å². The Kier molecular flexibility index (Phi) is 6.23. The van der Waals surface area contributed by atoms with Gasteiger partial charge in [0.1, 0.15) is 15.5 Å². The molecular weight excluding hydrogens is 448 g/mol. The van der Waals surface area contributed by atoms with E-state index in [1.165, 1.54) is 18.2 Å². The minimum atomic E-state index is -0.721. The second kappa shape index (κ2) is 9.10. The zero-order chi connectivity index (χ0) is 23.7. The number of amides is 1. The number of nitrogens with zero attached hydrogens (tertiary/aromatic N) is 3. The molecule has 33 heavy (non-hydrogen) atoms. The normalized spacial score (nSPS) is 13.3. The van der Waals surface area contributed by atoms with E-state index >= 15 is 0 Å². The quantitative estimate of drug-likeness (QED) is 0.343. The highest BCUT2D eigenvalue weighted by atomic mass is 32.1. The number of thiophene rings is 1. The Bertz CT molecular complexity index is 1340. The first-order chi connectivity index (χ1) is 15.8. The summed E-state index contributed by atoms with van der Waals surface area (Å²) in [5.41, 5.74) is 1.08. The van der Waals surface area contributed by atoms with Crippen molar-refractivity contribution in [3.8, 4) is 0 Å². The molecule has 11 heteroatoms. The number of rotatable bonds is 5. The van der Waals surface area contributed by atoms with Gasteiger partial charge in [-0.3, -0.25) is 24.3 Å². The second-order valence-electron chi connectivity index (χ2n) is 7.91. The van der Waals surface area contributed by atoms with Gasteiger partial charge in [-0.15, -0.1) is 11.3 Å². The number of hydrogen-bond donors (Lipinski definition) is 1. The Balaban J connectivity index is 1.50. The summed E-state index contributed by atoms with van der Waals surface area (Å²) in [6, 6.07) is 4.10. The van der Waals surface area contributed by atoms with E-state index < -0.39 is 23.4 Å². The number of carbonyl (C=O) groups is 2. The van der Waals surface area contributed by atoms with E-state index in [-0.39, 0.29) is 21.8 Å². The molecule has 0 fully saturated rings. The van der Waals surface area contributed by atoms with Gasteiger partial charge >= 0.3 is 5.97 Å². The predicted octanol–water partition coefficient (Wildman–Crippen LogP) is 3.50. The second-order valence-corrected chi connectivity index (χ2v) is 8.91. The molecule has 1 aromatic carbocycles. The predicted molar refractivity (Wildman–Crippen MR) is 123 cm³/mol. The van der Waals surface area contributed by atoms with Crippen LogP contribution in [0, 0.1) is 24.0 Å². The summed E-state index contributed by atoms with van der Waals surface area (Å²) in [4.78, 5) is 53.7. The molecule has 1 amide bonds. The maximum absolute atomic E-state index is 13.0. The molecule has 0 bridgehead atoms. The summed E-state index contributed by atoms with van der Waals surface area (Å²) in [7, 11) is 0. The average molecular weight is 471 g/mol. The van der Waals surface area contributed by atoms with Crippen LogP contribution in [0.25, 0.3) is 10.2 Å². The molecule has 0 unspecified atom stereocenters. The van der Waals surface area contributed by atoms with Crippen molar-refractivity contribution in [1.29, 1.82) is 0 Å². The van der Waals surface area contributed by atoms with Gasteiger partial charge in [-0.2, -0.15) is 0 Å². The van der Waals surface area contributed by atoms with E-state index in [9.17, 15) is 24.5 Å². The van der Waals surface area contributed by atoms with E-state index in [2.05, 4.69) is 10.3 Å². The Morgan fingerprint density at radius 1 is 1.27 bits per heavy atom. The molecule has 0 spiro atoms. The number of aryl methyl sites for hydroxylation is 3. The lowest BCUT2D eigenvalue weighted by atomic mass is 10.2. The molecule has 2 aromatic heterocycles. The molecule has 0 aliphatic carbocycles. The fourth-order valence-corrected chi connectivity index (χ4v) is 4.93. The number of ether oxygens (including phenoxy) is 1. The summed E-state index contributed by atoms with van der Waals surface area (Å²) in [5.74, 6) is -0.616. The first-order valence-electron chi connectivity index (χ1n) is 10.5. The van der Waals surface area contributed by atoms with Crippen molar-refractivity contribution in [2.24, 2.45) is 0 Å². The van der Waals surface area contributed by atoms with Crippen molar-refractivity contribution >= 4 is 44.8 Å². The monoisotopic (exact) mass is 470 g/mol. The molecule has 1 aliphatic heterocycles. The van der Waals surface area contributed by atoms with Crippen molar-refractivity contribution in [3.05, 3.63) is 60.5 Å². The van der Waals surface area contributed by atoms with Crippen LogP contribution in [0.15, 0.2) is 23.0 Å². The average Bonchev–Trinajstić information content (AvgIpc) is 2.94. The zero-order valence-corrected chi connectivity index (χ0v) is 19.0. The Morgan fingerprint density at radius 2 is 2.06 bits per heavy atom. The first kappa shape index (κ1) is 22.6. The minimum Gasteiger partial charge on any atom is -0.451 e. The van der Waals surface area contributed by atoms with Gasteiger partial charge in [0, 0.05) is 25.1 Å². The molecule has 1 N–H and O–H groups in total. The van der Waals surface area contributed by atoms with Crippen LogP contribution >= 0.6 is 11.3 Å². The van der Waals surface area contributed by atoms with Crippen molar-refractivity contribution in [3.63, 3.8) is 0 Å². The van der Waals surface area contributed by atoms with Crippen LogP contribution in [0.2, 0.25) is 0 Å². The Morgan fingerprint density at radius 3 is 2.82 bits per heavy atom. The fraction of sp³-hybridized carbons (Fsp3) is 0.364. The van der Waals surface area contributed by atoms with Gasteiger partial charge in [0.15, 0.2) is 6.61 Å². The number of aromatic nitrogens is 2. The number of nitrogens with one attached hydrogen (secondary N) is 1. The summed E-state index contributed by atoms with van der Waals surface area (Å²) in [6.07, 6.45) is 3.65. The number of nitro groups is 1. The maximum atomic E-state index is 13.0. The number of non-ortho nitro benzene ring substituents is 1. The smallest absolute Gasteiger partial charge is 0.349 e. The number of anilines is 1. The first-order valence-corrected chi connectivity index (χ1v) is 11.3. The highest BCUT2D eigenvalue weighted by molar-refractivity contribution is 7.20. The topological polar surface area (TPSA) is 133 Å². The van der Waals surface area contributed by atoms with Crippen LogP contribution in [0.3, 0.4) is 0 Å². The molecular formula is C22H22N4O6S. The largest absolute Gasteiger partial charge is 0.451 e. The molecule has 3 aromatic rings. The lowest BCUT2D eigenvalue weighted by Gasteiger charge is -2.09. The molecule has 1 aliphatic rings. The van der Waals surface area contributed by atoms with Gasteiger partial charge < -0.3 is 10.1 Å². The molecule has 3 heterocycles. The fourth-order valence-electron chi connectivity index (χ4n) is 3.85. The summed E-state index contributed by atoms with van der Waals surface area (Å²) in [5, 5.41) is 13.9. The van der Waals surface area contributed by atoms with Gasteiger partial charge in [0.05, 0.1) is 16.0 Å². The number of esters is 1. The van der Waals surface area contributed by atoms with E-state index in [4.69, 9.17) is 4.74 Å². The number of hydrogen-bond acceptors (Lipinski definition) is 8. The van der Waals surface area contributed by atoms with Crippen molar-refractivity contribution in [2.75, 3.05) is 11.9 Å². The van der Waals surface area contributed by atoms with Gasteiger partial charge in [-0.05, 0) is 37.8 Å². The lowest BCUT2D eigenvalue weighted by Crippen LogP contribution is -2.24. The van der Waals surface area contributed by atoms with Gasteiger partial charge in [0.2, 0.25) is 0 Å². The summed E-state index contributed by atoms with van der Waals surface area (Å²) >= 11 is 1.08. The number of benzene rings is 1. The molecule has 0 atom stereocenters. The van der Waals surface area contributed by atoms with Crippen LogP contribution in [-0.4, -0.2) is 33.0 Å². The molecule has 172 valence electrons. The van der Waals surface area contributed by atoms with Gasteiger partial charge in [-0.1, -0.05) is 12.5 Å². The third kappa shape index (κ3) is 4.49. The lowest BCUT2D eigenvalue weighted by molar-refractivity contribution is -0.384. The standard InChI is InChI=1S/C22H22N4O6S/c1-12-7-8-14(26(30)31)10-15(12)23-17(27)11-32-22(29)19-13(2)18-20(33-19)24-16-6-4-3-5-9-25(16)21(18)28/h7-8,10H,3-6,9,11H2,1-2H3,(H,23,27). The number of nitro benzene ring substituents is 1. The summed E-state index contributed by atoms with van der Waals surface area (Å²) in [6.45, 7) is 3.41. The van der Waals surface area contributed by atoms with E-state index in [1.807, 2.05) is 0 Å². The Hall–Kier alpha value is -3.60. The molecule has 0 saturated heterocycles. The van der Waals surface area contributed by atoms with Crippen molar-refractivity contribution in [1.82, 2.24) is 9.55 Å². The van der Waals surface area contributed by atoms with Gasteiger partial charge in [0.25, 0.3) is 17.2 Å². The highest BCUT2D eigenvalue weighted by Gasteiger charge is 2.23. The van der Waals surface area contributed by atoms with E-state index in [0.29, 0.717) is 27.9 Å². The molecule has 4 rings (SSSR count). The zero-order valence-electron chi connectivity index (χ0n) is 18.2. The SMILES string of the molecule is Cc1ccc([N+](=O)[O-])cc1NC(=O)COC(=O)c1sc2nc3n(c(=O)c2c1C)CCCCC3. The van der Waals surface area contributed by atoms with Crippen molar-refractivity contribution in [2.45, 2.75) is 46.1 Å². The number of carbonyl (C=O) groups excluding carboxylic acids is 2.